The Hall–Kier alpha value is -3.35. The van der Waals surface area contributed by atoms with Crippen molar-refractivity contribution in [2.45, 2.75) is 98.4 Å². The molecule has 2 aromatic carbocycles. The van der Waals surface area contributed by atoms with E-state index in [1.165, 1.54) is 0 Å². The fraction of sp³-hybridized carbons (Fsp3) is 0.500. The highest BCUT2D eigenvalue weighted by molar-refractivity contribution is 6.00. The Labute approximate surface area is 221 Å². The molecule has 2 atom stereocenters. The van der Waals surface area contributed by atoms with Crippen LogP contribution in [0.15, 0.2) is 36.4 Å². The minimum atomic E-state index is -0.863. The van der Waals surface area contributed by atoms with Crippen molar-refractivity contribution in [1.82, 2.24) is 10.2 Å². The lowest BCUT2D eigenvalue weighted by atomic mass is 9.87. The summed E-state index contributed by atoms with van der Waals surface area (Å²) in [6, 6.07) is 9.94. The fourth-order valence-electron chi connectivity index (χ4n) is 4.53. The van der Waals surface area contributed by atoms with Crippen molar-refractivity contribution in [1.29, 1.82) is 0 Å². The van der Waals surface area contributed by atoms with Gasteiger partial charge in [0.1, 0.15) is 17.7 Å². The van der Waals surface area contributed by atoms with Crippen molar-refractivity contribution < 1.29 is 19.1 Å². The van der Waals surface area contributed by atoms with E-state index in [9.17, 15) is 14.4 Å². The van der Waals surface area contributed by atoms with Crippen LogP contribution in [0.1, 0.15) is 80.8 Å². The summed E-state index contributed by atoms with van der Waals surface area (Å²) < 4.78 is 5.37. The first-order valence-electron chi connectivity index (χ1n) is 13.0. The summed E-state index contributed by atoms with van der Waals surface area (Å²) in [6.45, 7) is 14.9. The van der Waals surface area contributed by atoms with Crippen LogP contribution in [-0.4, -0.2) is 40.5 Å². The lowest BCUT2D eigenvalue weighted by Gasteiger charge is -2.43. The van der Waals surface area contributed by atoms with Gasteiger partial charge in [-0.15, -0.1) is 0 Å². The summed E-state index contributed by atoms with van der Waals surface area (Å²) in [5.74, 6) is -0.583. The Morgan fingerprint density at radius 3 is 2.08 bits per heavy atom. The predicted molar refractivity (Wildman–Crippen MR) is 147 cm³/mol. The quantitative estimate of drug-likeness (QED) is 0.489. The Kier molecular flexibility index (Phi) is 8.67. The molecular formula is C30H41N3O4. The third-order valence-electron chi connectivity index (χ3n) is 6.93. The summed E-state index contributed by atoms with van der Waals surface area (Å²) >= 11 is 0. The van der Waals surface area contributed by atoms with E-state index in [0.717, 1.165) is 52.8 Å². The maximum absolute atomic E-state index is 14.0. The van der Waals surface area contributed by atoms with Gasteiger partial charge in [0.25, 0.3) is 5.91 Å². The number of amides is 3. The first kappa shape index (κ1) is 28.2. The number of anilines is 1. The SMILES string of the molecule is Cc1ccc(C(C(=O)Nc2c(C)cccc2C)N(C(=O)C(C)NC(=O)OC(C)(C)C)C2CCC2)cc1C. The van der Waals surface area contributed by atoms with Gasteiger partial charge in [0.05, 0.1) is 0 Å². The number of hydrogen-bond acceptors (Lipinski definition) is 4. The number of hydrogen-bond donors (Lipinski definition) is 2. The zero-order valence-electron chi connectivity index (χ0n) is 23.4. The highest BCUT2D eigenvalue weighted by Crippen LogP contribution is 2.35. The number of para-hydroxylation sites is 1. The van der Waals surface area contributed by atoms with Gasteiger partial charge in [0.2, 0.25) is 5.91 Å². The zero-order valence-corrected chi connectivity index (χ0v) is 23.4. The number of alkyl carbamates (subject to hydrolysis) is 1. The predicted octanol–water partition coefficient (Wildman–Crippen LogP) is 5.89. The molecule has 37 heavy (non-hydrogen) atoms. The minimum Gasteiger partial charge on any atom is -0.444 e. The van der Waals surface area contributed by atoms with E-state index in [0.29, 0.717) is 0 Å². The molecule has 2 aromatic rings. The zero-order chi connectivity index (χ0) is 27.5. The van der Waals surface area contributed by atoms with Crippen LogP contribution in [0.4, 0.5) is 10.5 Å². The minimum absolute atomic E-state index is 0.0919. The van der Waals surface area contributed by atoms with Crippen molar-refractivity contribution in [3.05, 3.63) is 64.2 Å². The van der Waals surface area contributed by atoms with E-state index in [1.807, 2.05) is 64.1 Å². The fourth-order valence-corrected chi connectivity index (χ4v) is 4.53. The molecule has 1 aliphatic rings. The number of aryl methyl sites for hydroxylation is 4. The molecule has 2 N–H and O–H groups in total. The van der Waals surface area contributed by atoms with E-state index < -0.39 is 23.8 Å². The van der Waals surface area contributed by atoms with Gasteiger partial charge in [-0.25, -0.2) is 4.79 Å². The number of nitrogens with one attached hydrogen (secondary N) is 2. The van der Waals surface area contributed by atoms with Crippen LogP contribution in [0, 0.1) is 27.7 Å². The molecule has 7 heteroatoms. The van der Waals surface area contributed by atoms with Crippen LogP contribution in [0.2, 0.25) is 0 Å². The van der Waals surface area contributed by atoms with E-state index >= 15 is 0 Å². The van der Waals surface area contributed by atoms with Gasteiger partial charge >= 0.3 is 6.09 Å². The monoisotopic (exact) mass is 507 g/mol. The van der Waals surface area contributed by atoms with Crippen molar-refractivity contribution in [2.75, 3.05) is 5.32 Å². The molecule has 0 radical (unpaired) electrons. The lowest BCUT2D eigenvalue weighted by Crippen LogP contribution is -2.56. The first-order valence-corrected chi connectivity index (χ1v) is 13.0. The molecule has 3 amide bonds. The van der Waals surface area contributed by atoms with Crippen LogP contribution in [0.5, 0.6) is 0 Å². The molecule has 0 spiro atoms. The molecule has 3 rings (SSSR count). The Morgan fingerprint density at radius 1 is 0.946 bits per heavy atom. The van der Waals surface area contributed by atoms with Gasteiger partial charge in [-0.2, -0.15) is 0 Å². The molecule has 0 aromatic heterocycles. The normalized spacial score (nSPS) is 15.2. The van der Waals surface area contributed by atoms with Gasteiger partial charge < -0.3 is 20.3 Å². The van der Waals surface area contributed by atoms with Crippen LogP contribution >= 0.6 is 0 Å². The number of carbonyl (C=O) groups is 3. The average Bonchev–Trinajstić information content (AvgIpc) is 2.75. The number of carbonyl (C=O) groups excluding carboxylic acids is 3. The third-order valence-corrected chi connectivity index (χ3v) is 6.93. The number of rotatable bonds is 7. The van der Waals surface area contributed by atoms with Crippen LogP contribution in [-0.2, 0) is 14.3 Å². The number of benzene rings is 2. The van der Waals surface area contributed by atoms with Crippen molar-refractivity contribution >= 4 is 23.6 Å². The molecule has 0 saturated heterocycles. The molecule has 2 unspecified atom stereocenters. The summed E-state index contributed by atoms with van der Waals surface area (Å²) in [4.78, 5) is 42.0. The molecule has 0 bridgehead atoms. The Morgan fingerprint density at radius 2 is 1.57 bits per heavy atom. The molecule has 7 nitrogen and oxygen atoms in total. The maximum Gasteiger partial charge on any atom is 0.408 e. The second kappa shape index (κ2) is 11.4. The van der Waals surface area contributed by atoms with Crippen molar-refractivity contribution in [2.24, 2.45) is 0 Å². The van der Waals surface area contributed by atoms with E-state index in [4.69, 9.17) is 4.74 Å². The van der Waals surface area contributed by atoms with Gasteiger partial charge in [0.15, 0.2) is 0 Å². The average molecular weight is 508 g/mol. The van der Waals surface area contributed by atoms with E-state index in [-0.39, 0.29) is 17.9 Å². The van der Waals surface area contributed by atoms with Crippen molar-refractivity contribution in [3.8, 4) is 0 Å². The second-order valence-electron chi connectivity index (χ2n) is 11.2. The summed E-state index contributed by atoms with van der Waals surface area (Å²) in [6.07, 6.45) is 1.94. The maximum atomic E-state index is 14.0. The van der Waals surface area contributed by atoms with Gasteiger partial charge in [0, 0.05) is 11.7 Å². The van der Waals surface area contributed by atoms with Crippen LogP contribution < -0.4 is 10.6 Å². The summed E-state index contributed by atoms with van der Waals surface area (Å²) in [5, 5.41) is 5.78. The van der Waals surface area contributed by atoms with E-state index in [1.54, 1.807) is 32.6 Å². The third kappa shape index (κ3) is 6.90. The topological polar surface area (TPSA) is 87.7 Å². The van der Waals surface area contributed by atoms with Crippen LogP contribution in [0.3, 0.4) is 0 Å². The molecule has 0 heterocycles. The molecule has 200 valence electrons. The van der Waals surface area contributed by atoms with Crippen LogP contribution in [0.25, 0.3) is 0 Å². The molecule has 1 fully saturated rings. The number of ether oxygens (including phenoxy) is 1. The Bertz CT molecular complexity index is 1140. The van der Waals surface area contributed by atoms with Crippen molar-refractivity contribution in [3.63, 3.8) is 0 Å². The standard InChI is InChI=1S/C30H41N3O4/c1-18-15-16-23(17-21(18)4)26(27(34)32-25-19(2)11-9-12-20(25)3)33(24-13-10-14-24)28(35)22(5)31-29(36)37-30(6,7)8/h9,11-12,15-17,22,24,26H,10,13-14H2,1-8H3,(H,31,36)(H,32,34). The molecule has 1 aliphatic carbocycles. The Balaban J connectivity index is 2.01. The van der Waals surface area contributed by atoms with E-state index in [2.05, 4.69) is 10.6 Å². The molecular weight excluding hydrogens is 466 g/mol. The largest absolute Gasteiger partial charge is 0.444 e. The highest BCUT2D eigenvalue weighted by Gasteiger charge is 2.41. The lowest BCUT2D eigenvalue weighted by molar-refractivity contribution is -0.145. The first-order chi connectivity index (χ1) is 17.3. The van der Waals surface area contributed by atoms with Gasteiger partial charge in [-0.1, -0.05) is 36.4 Å². The molecule has 0 aliphatic heterocycles. The van der Waals surface area contributed by atoms with Gasteiger partial charge in [-0.05, 0) is 102 Å². The smallest absolute Gasteiger partial charge is 0.408 e. The molecule has 1 saturated carbocycles. The highest BCUT2D eigenvalue weighted by atomic mass is 16.6. The van der Waals surface area contributed by atoms with Gasteiger partial charge in [-0.3, -0.25) is 9.59 Å². The summed E-state index contributed by atoms with van der Waals surface area (Å²) in [7, 11) is 0. The summed E-state index contributed by atoms with van der Waals surface area (Å²) in [5.41, 5.74) is 4.87. The second-order valence-corrected chi connectivity index (χ2v) is 11.2. The number of nitrogens with zero attached hydrogens (tertiary/aromatic N) is 1.